The lowest BCUT2D eigenvalue weighted by Gasteiger charge is -1.93. The van der Waals surface area contributed by atoms with Gasteiger partial charge in [0, 0.05) is 0 Å². The largest absolute Gasteiger partial charge is 0.390 e. The average molecular weight is 137 g/mol. The Morgan fingerprint density at radius 3 is 3.00 bits per heavy atom. The highest BCUT2D eigenvalue weighted by atomic mass is 15.0. The molecule has 0 aliphatic carbocycles. The highest BCUT2D eigenvalue weighted by Crippen LogP contribution is 2.14. The van der Waals surface area contributed by atoms with Gasteiger partial charge in [0.25, 0.3) is 0 Å². The van der Waals surface area contributed by atoms with Crippen molar-refractivity contribution in [2.75, 3.05) is 5.73 Å². The van der Waals surface area contributed by atoms with E-state index in [0.717, 1.165) is 6.34 Å². The quantitative estimate of drug-likeness (QED) is 0.410. The summed E-state index contributed by atoms with van der Waals surface area (Å²) in [6.07, 6.45) is 3.99. The monoisotopic (exact) mass is 137 g/mol. The van der Waals surface area contributed by atoms with Gasteiger partial charge in [-0.2, -0.15) is 0 Å². The van der Waals surface area contributed by atoms with E-state index in [1.165, 1.54) is 12.5 Å². The number of aliphatic imine (C=N–C) groups is 1. The molecular weight excluding hydrogens is 130 g/mol. The van der Waals surface area contributed by atoms with E-state index in [2.05, 4.69) is 15.0 Å². The standard InChI is InChI=1S/C5H7N5/c6-2-9-4-1-8-3-10-5(4)7/h1-3H,(H2,6,9)(H2,7,8,10). The predicted octanol–water partition coefficient (Wildman–Crippen LogP) is -0.323. The molecule has 52 valence electrons. The number of hydrogen-bond donors (Lipinski definition) is 2. The van der Waals surface area contributed by atoms with Crippen LogP contribution in [-0.2, 0) is 0 Å². The molecule has 0 aliphatic heterocycles. The Morgan fingerprint density at radius 2 is 2.40 bits per heavy atom. The van der Waals surface area contributed by atoms with E-state index >= 15 is 0 Å². The molecule has 0 bridgehead atoms. The van der Waals surface area contributed by atoms with E-state index in [-0.39, 0.29) is 0 Å². The Hall–Kier alpha value is -1.65. The minimum Gasteiger partial charge on any atom is -0.390 e. The van der Waals surface area contributed by atoms with Gasteiger partial charge in [-0.1, -0.05) is 0 Å². The molecule has 4 N–H and O–H groups in total. The molecule has 1 heterocycles. The zero-order chi connectivity index (χ0) is 7.40. The van der Waals surface area contributed by atoms with Crippen molar-refractivity contribution in [2.24, 2.45) is 10.7 Å². The second-order valence-electron chi connectivity index (χ2n) is 1.57. The normalized spacial score (nSPS) is 10.4. The van der Waals surface area contributed by atoms with Crippen LogP contribution in [0.15, 0.2) is 17.5 Å². The SMILES string of the molecule is NC=Nc1cncnc1N. The molecule has 0 fully saturated rings. The maximum absolute atomic E-state index is 5.39. The third-order valence-corrected chi connectivity index (χ3v) is 0.936. The van der Waals surface area contributed by atoms with Gasteiger partial charge >= 0.3 is 0 Å². The smallest absolute Gasteiger partial charge is 0.152 e. The third kappa shape index (κ3) is 1.19. The molecule has 0 unspecified atom stereocenters. The molecule has 0 amide bonds. The van der Waals surface area contributed by atoms with Crippen LogP contribution in [-0.4, -0.2) is 16.3 Å². The molecule has 5 nitrogen and oxygen atoms in total. The lowest BCUT2D eigenvalue weighted by Crippen LogP contribution is -1.93. The van der Waals surface area contributed by atoms with Crippen LogP contribution in [0.2, 0.25) is 0 Å². The van der Waals surface area contributed by atoms with Crippen LogP contribution in [0.4, 0.5) is 11.5 Å². The van der Waals surface area contributed by atoms with Gasteiger partial charge in [-0.25, -0.2) is 15.0 Å². The van der Waals surface area contributed by atoms with E-state index in [9.17, 15) is 0 Å². The molecule has 1 rings (SSSR count). The Balaban J connectivity index is 3.03. The highest BCUT2D eigenvalue weighted by Gasteiger charge is 1.93. The zero-order valence-corrected chi connectivity index (χ0v) is 5.23. The second kappa shape index (κ2) is 2.77. The topological polar surface area (TPSA) is 90.2 Å². The fourth-order valence-corrected chi connectivity index (χ4v) is 0.512. The number of nitrogens with zero attached hydrogens (tertiary/aromatic N) is 3. The fraction of sp³-hybridized carbons (Fsp3) is 0. The summed E-state index contributed by atoms with van der Waals surface area (Å²) in [7, 11) is 0. The van der Waals surface area contributed by atoms with Crippen LogP contribution in [0.3, 0.4) is 0 Å². The minimum atomic E-state index is 0.330. The minimum absolute atomic E-state index is 0.330. The molecule has 1 aromatic rings. The highest BCUT2D eigenvalue weighted by molar-refractivity contribution is 5.64. The first kappa shape index (κ1) is 6.47. The lowest BCUT2D eigenvalue weighted by molar-refractivity contribution is 1.17. The first-order chi connectivity index (χ1) is 4.84. The van der Waals surface area contributed by atoms with Gasteiger partial charge < -0.3 is 11.5 Å². The molecule has 1 aromatic heterocycles. The summed E-state index contributed by atoms with van der Waals surface area (Å²) in [6.45, 7) is 0. The van der Waals surface area contributed by atoms with Gasteiger partial charge in [-0.15, -0.1) is 0 Å². The summed E-state index contributed by atoms with van der Waals surface area (Å²) in [6, 6.07) is 0. The maximum atomic E-state index is 5.39. The van der Waals surface area contributed by atoms with Crippen molar-refractivity contribution in [2.45, 2.75) is 0 Å². The molecule has 0 saturated carbocycles. The lowest BCUT2D eigenvalue weighted by atomic mass is 10.5. The van der Waals surface area contributed by atoms with Gasteiger partial charge in [0.15, 0.2) is 5.82 Å². The molecule has 0 aromatic carbocycles. The molecule has 0 saturated heterocycles. The van der Waals surface area contributed by atoms with Crippen LogP contribution in [0.1, 0.15) is 0 Å². The summed E-state index contributed by atoms with van der Waals surface area (Å²) in [5.74, 6) is 0.330. The first-order valence-corrected chi connectivity index (χ1v) is 2.64. The summed E-state index contributed by atoms with van der Waals surface area (Å²) in [4.78, 5) is 11.1. The van der Waals surface area contributed by atoms with Gasteiger partial charge in [0.05, 0.1) is 12.5 Å². The fourth-order valence-electron chi connectivity index (χ4n) is 0.512. The summed E-state index contributed by atoms with van der Waals surface area (Å²) >= 11 is 0. The Bertz CT molecular complexity index is 244. The Labute approximate surface area is 57.8 Å². The second-order valence-corrected chi connectivity index (χ2v) is 1.57. The van der Waals surface area contributed by atoms with Gasteiger partial charge in [-0.3, -0.25) is 0 Å². The number of aromatic nitrogens is 2. The van der Waals surface area contributed by atoms with Crippen molar-refractivity contribution in [3.8, 4) is 0 Å². The van der Waals surface area contributed by atoms with Crippen LogP contribution >= 0.6 is 0 Å². The van der Waals surface area contributed by atoms with Crippen molar-refractivity contribution >= 4 is 17.8 Å². The van der Waals surface area contributed by atoms with E-state index < -0.39 is 0 Å². The van der Waals surface area contributed by atoms with E-state index in [1.807, 2.05) is 0 Å². The number of hydrogen-bond acceptors (Lipinski definition) is 4. The van der Waals surface area contributed by atoms with Crippen LogP contribution in [0, 0.1) is 0 Å². The Morgan fingerprint density at radius 1 is 1.60 bits per heavy atom. The summed E-state index contributed by atoms with van der Waals surface area (Å²) < 4.78 is 0. The molecule has 0 spiro atoms. The van der Waals surface area contributed by atoms with Crippen molar-refractivity contribution in [3.63, 3.8) is 0 Å². The number of nitrogen functional groups attached to an aromatic ring is 1. The van der Waals surface area contributed by atoms with E-state index in [4.69, 9.17) is 11.5 Å². The first-order valence-electron chi connectivity index (χ1n) is 2.64. The number of nitrogens with two attached hydrogens (primary N) is 2. The summed E-state index contributed by atoms with van der Waals surface area (Å²) in [5.41, 5.74) is 10.9. The van der Waals surface area contributed by atoms with Gasteiger partial charge in [0.1, 0.15) is 12.0 Å². The molecule has 0 aliphatic rings. The molecule has 0 radical (unpaired) electrons. The predicted molar refractivity (Wildman–Crippen MR) is 38.8 cm³/mol. The molecule has 0 atom stereocenters. The van der Waals surface area contributed by atoms with Gasteiger partial charge in [-0.05, 0) is 0 Å². The van der Waals surface area contributed by atoms with Crippen molar-refractivity contribution in [1.29, 1.82) is 0 Å². The zero-order valence-electron chi connectivity index (χ0n) is 5.23. The van der Waals surface area contributed by atoms with Crippen molar-refractivity contribution < 1.29 is 0 Å². The van der Waals surface area contributed by atoms with E-state index in [1.54, 1.807) is 0 Å². The average Bonchev–Trinajstić information content (AvgIpc) is 1.94. The van der Waals surface area contributed by atoms with Crippen molar-refractivity contribution in [3.05, 3.63) is 12.5 Å². The van der Waals surface area contributed by atoms with Gasteiger partial charge in [0.2, 0.25) is 0 Å². The van der Waals surface area contributed by atoms with Crippen molar-refractivity contribution in [1.82, 2.24) is 9.97 Å². The van der Waals surface area contributed by atoms with Crippen LogP contribution in [0.5, 0.6) is 0 Å². The number of anilines is 1. The molecule has 5 heteroatoms. The number of rotatable bonds is 1. The summed E-state index contributed by atoms with van der Waals surface area (Å²) in [5, 5.41) is 0. The maximum Gasteiger partial charge on any atom is 0.152 e. The third-order valence-electron chi connectivity index (χ3n) is 0.936. The van der Waals surface area contributed by atoms with Crippen LogP contribution < -0.4 is 11.5 Å². The van der Waals surface area contributed by atoms with Crippen LogP contribution in [0.25, 0.3) is 0 Å². The Kier molecular flexibility index (Phi) is 1.79. The molecule has 10 heavy (non-hydrogen) atoms. The molecular formula is C5H7N5. The van der Waals surface area contributed by atoms with E-state index in [0.29, 0.717) is 11.5 Å².